The molecule has 27 heavy (non-hydrogen) atoms. The van der Waals surface area contributed by atoms with Crippen LogP contribution in [0.1, 0.15) is 16.1 Å². The van der Waals surface area contributed by atoms with E-state index in [1.807, 2.05) is 6.92 Å². The molecule has 2 amide bonds. The second-order valence-corrected chi connectivity index (χ2v) is 6.50. The topological polar surface area (TPSA) is 78.7 Å². The Morgan fingerprint density at radius 2 is 1.74 bits per heavy atom. The van der Waals surface area contributed by atoms with E-state index < -0.39 is 11.9 Å². The van der Waals surface area contributed by atoms with Gasteiger partial charge in [0.25, 0.3) is 5.91 Å². The number of carbonyl (C=O) groups is 2. The number of fused-ring (bicyclic) bond motifs is 1. The number of rotatable bonds is 5. The zero-order valence-electron chi connectivity index (χ0n) is 15.3. The predicted molar refractivity (Wildman–Crippen MR) is 101 cm³/mol. The average molecular weight is 369 g/mol. The van der Waals surface area contributed by atoms with Crippen molar-refractivity contribution in [3.63, 3.8) is 0 Å². The number of hydrogen-bond donors (Lipinski definition) is 2. The highest BCUT2D eigenvalue weighted by atomic mass is 19.1. The van der Waals surface area contributed by atoms with Crippen LogP contribution in [0, 0.1) is 12.9 Å². The quantitative estimate of drug-likeness (QED) is 0.724. The van der Waals surface area contributed by atoms with E-state index in [1.165, 1.54) is 10.6 Å². The van der Waals surface area contributed by atoms with Gasteiger partial charge in [-0.2, -0.15) is 4.39 Å². The van der Waals surface area contributed by atoms with Crippen molar-refractivity contribution in [2.75, 3.05) is 31.3 Å². The molecule has 0 unspecified atom stereocenters. The van der Waals surface area contributed by atoms with Gasteiger partial charge in [-0.3, -0.25) is 14.0 Å². The average Bonchev–Trinajstić information content (AvgIpc) is 2.92. The smallest absolute Gasteiger partial charge is 0.279 e. The monoisotopic (exact) mass is 369 g/mol. The Hall–Kier alpha value is -3.26. The minimum absolute atomic E-state index is 0.140. The summed E-state index contributed by atoms with van der Waals surface area (Å²) in [6, 6.07) is 10.0. The molecule has 0 aliphatic carbocycles. The Labute approximate surface area is 155 Å². The van der Waals surface area contributed by atoms with Crippen molar-refractivity contribution in [2.45, 2.75) is 6.92 Å². The second-order valence-electron chi connectivity index (χ2n) is 6.50. The molecule has 0 radical (unpaired) electrons. The number of hydrogen-bond acceptors (Lipinski definition) is 4. The molecule has 0 spiro atoms. The lowest BCUT2D eigenvalue weighted by atomic mass is 10.2. The number of pyridine rings is 1. The maximum atomic E-state index is 14.4. The van der Waals surface area contributed by atoms with Crippen molar-refractivity contribution in [1.29, 1.82) is 0 Å². The molecule has 140 valence electrons. The van der Waals surface area contributed by atoms with Crippen LogP contribution in [0.2, 0.25) is 0 Å². The molecule has 0 saturated heterocycles. The van der Waals surface area contributed by atoms with Gasteiger partial charge in [-0.25, -0.2) is 4.98 Å². The summed E-state index contributed by atoms with van der Waals surface area (Å²) in [5.41, 5.74) is 2.10. The van der Waals surface area contributed by atoms with Crippen molar-refractivity contribution in [2.24, 2.45) is 0 Å². The summed E-state index contributed by atoms with van der Waals surface area (Å²) in [7, 11) is 3.61. The molecule has 2 N–H and O–H groups in total. The molecule has 0 aliphatic heterocycles. The molecule has 0 bridgehead atoms. The molecular formula is C19H20FN5O2. The Balaban J connectivity index is 1.71. The highest BCUT2D eigenvalue weighted by molar-refractivity contribution is 6.03. The number of carbonyl (C=O) groups excluding carboxylic acids is 2. The second kappa shape index (κ2) is 7.55. The first-order valence-corrected chi connectivity index (χ1v) is 8.33. The number of likely N-dealkylation sites (N-methyl/N-ethyl adjacent to an activating group) is 1. The number of nitrogens with one attached hydrogen (secondary N) is 2. The normalized spacial score (nSPS) is 11.0. The molecule has 2 aromatic heterocycles. The van der Waals surface area contributed by atoms with Crippen LogP contribution in [0.25, 0.3) is 5.65 Å². The van der Waals surface area contributed by atoms with Gasteiger partial charge in [0.1, 0.15) is 5.65 Å². The number of benzene rings is 1. The van der Waals surface area contributed by atoms with Crippen molar-refractivity contribution in [3.05, 3.63) is 59.8 Å². The van der Waals surface area contributed by atoms with Crippen LogP contribution in [0.15, 0.2) is 42.6 Å². The number of imidazole rings is 1. The fourth-order valence-corrected chi connectivity index (χ4v) is 2.58. The molecule has 3 aromatic rings. The van der Waals surface area contributed by atoms with Crippen LogP contribution in [-0.2, 0) is 4.79 Å². The fourth-order valence-electron chi connectivity index (χ4n) is 2.58. The Morgan fingerprint density at radius 3 is 2.37 bits per heavy atom. The first-order valence-electron chi connectivity index (χ1n) is 8.33. The zero-order valence-corrected chi connectivity index (χ0v) is 15.3. The largest absolute Gasteiger partial charge is 0.325 e. The van der Waals surface area contributed by atoms with Crippen LogP contribution in [0.3, 0.4) is 0 Å². The molecule has 2 heterocycles. The molecule has 0 saturated carbocycles. The third-order valence-electron chi connectivity index (χ3n) is 3.82. The Bertz CT molecular complexity index is 995. The summed E-state index contributed by atoms with van der Waals surface area (Å²) >= 11 is 0. The summed E-state index contributed by atoms with van der Waals surface area (Å²) < 4.78 is 15.6. The minimum Gasteiger partial charge on any atom is -0.325 e. The van der Waals surface area contributed by atoms with Gasteiger partial charge in [0, 0.05) is 17.6 Å². The van der Waals surface area contributed by atoms with E-state index in [-0.39, 0.29) is 18.1 Å². The third kappa shape index (κ3) is 4.29. The summed E-state index contributed by atoms with van der Waals surface area (Å²) in [5.74, 6) is -1.49. The lowest BCUT2D eigenvalue weighted by molar-refractivity contribution is -0.116. The number of amides is 2. The Kier molecular flexibility index (Phi) is 5.18. The van der Waals surface area contributed by atoms with Crippen LogP contribution in [0.4, 0.5) is 15.8 Å². The number of nitrogens with zero attached hydrogens (tertiary/aromatic N) is 3. The van der Waals surface area contributed by atoms with E-state index >= 15 is 0 Å². The third-order valence-corrected chi connectivity index (χ3v) is 3.82. The van der Waals surface area contributed by atoms with E-state index in [0.717, 1.165) is 5.56 Å². The van der Waals surface area contributed by atoms with E-state index in [9.17, 15) is 14.0 Å². The van der Waals surface area contributed by atoms with E-state index in [1.54, 1.807) is 55.4 Å². The van der Waals surface area contributed by atoms with Crippen LogP contribution < -0.4 is 10.6 Å². The van der Waals surface area contributed by atoms with Crippen molar-refractivity contribution in [3.8, 4) is 0 Å². The Morgan fingerprint density at radius 1 is 1.11 bits per heavy atom. The minimum atomic E-state index is -0.713. The van der Waals surface area contributed by atoms with Crippen molar-refractivity contribution in [1.82, 2.24) is 14.3 Å². The summed E-state index contributed by atoms with van der Waals surface area (Å²) in [4.78, 5) is 29.9. The molecular weight excluding hydrogens is 349 g/mol. The maximum Gasteiger partial charge on any atom is 0.279 e. The first kappa shape index (κ1) is 18.5. The molecule has 3 rings (SSSR count). The lowest BCUT2D eigenvalue weighted by Gasteiger charge is -2.10. The SMILES string of the molecule is Cc1ccn2c(F)c(C(=O)Nc3ccc(NC(=O)CN(C)C)cc3)nc2c1. The van der Waals surface area contributed by atoms with Gasteiger partial charge in [0.2, 0.25) is 11.9 Å². The van der Waals surface area contributed by atoms with Gasteiger partial charge in [0.15, 0.2) is 5.69 Å². The van der Waals surface area contributed by atoms with Crippen LogP contribution >= 0.6 is 0 Å². The van der Waals surface area contributed by atoms with E-state index in [0.29, 0.717) is 17.0 Å². The van der Waals surface area contributed by atoms with Gasteiger partial charge >= 0.3 is 0 Å². The molecule has 0 fully saturated rings. The zero-order chi connectivity index (χ0) is 19.6. The summed E-state index contributed by atoms with van der Waals surface area (Å²) in [6.07, 6.45) is 1.54. The standard InChI is InChI=1S/C19H20FN5O2/c1-12-8-9-25-15(10-12)23-17(18(25)20)19(27)22-14-6-4-13(5-7-14)21-16(26)11-24(2)3/h4-10H,11H2,1-3H3,(H,21,26)(H,22,27). The number of aryl methyl sites for hydroxylation is 1. The van der Waals surface area contributed by atoms with Crippen molar-refractivity contribution < 1.29 is 14.0 Å². The number of aromatic nitrogens is 2. The van der Waals surface area contributed by atoms with Gasteiger partial charge in [-0.05, 0) is 63.0 Å². The highest BCUT2D eigenvalue weighted by Gasteiger charge is 2.19. The lowest BCUT2D eigenvalue weighted by Crippen LogP contribution is -2.27. The molecule has 0 aliphatic rings. The van der Waals surface area contributed by atoms with Gasteiger partial charge in [-0.1, -0.05) is 0 Å². The number of anilines is 2. The van der Waals surface area contributed by atoms with Gasteiger partial charge in [0.05, 0.1) is 6.54 Å². The molecule has 7 nitrogen and oxygen atoms in total. The number of halogens is 1. The molecule has 0 atom stereocenters. The van der Waals surface area contributed by atoms with Gasteiger partial charge in [-0.15, -0.1) is 0 Å². The summed E-state index contributed by atoms with van der Waals surface area (Å²) in [6.45, 7) is 2.14. The van der Waals surface area contributed by atoms with Crippen molar-refractivity contribution >= 4 is 28.8 Å². The predicted octanol–water partition coefficient (Wildman–Crippen LogP) is 2.53. The van der Waals surface area contributed by atoms with E-state index in [4.69, 9.17) is 0 Å². The molecule has 8 heteroatoms. The van der Waals surface area contributed by atoms with E-state index in [2.05, 4.69) is 15.6 Å². The van der Waals surface area contributed by atoms with Crippen LogP contribution in [-0.4, -0.2) is 46.7 Å². The maximum absolute atomic E-state index is 14.4. The fraction of sp³-hybridized carbons (Fsp3) is 0.211. The summed E-state index contributed by atoms with van der Waals surface area (Å²) in [5, 5.41) is 5.36. The first-order chi connectivity index (χ1) is 12.8. The molecule has 1 aromatic carbocycles. The highest BCUT2D eigenvalue weighted by Crippen LogP contribution is 2.17. The van der Waals surface area contributed by atoms with Crippen LogP contribution in [0.5, 0.6) is 0 Å². The van der Waals surface area contributed by atoms with Gasteiger partial charge < -0.3 is 15.5 Å².